The Labute approximate surface area is 66.4 Å². The summed E-state index contributed by atoms with van der Waals surface area (Å²) in [5.41, 5.74) is 0. The predicted octanol–water partition coefficient (Wildman–Crippen LogP) is 3.27. The summed E-state index contributed by atoms with van der Waals surface area (Å²) in [4.78, 5) is 0. The molecule has 1 aromatic carbocycles. The monoisotopic (exact) mass is 182 g/mol. The second-order valence-electron chi connectivity index (χ2n) is 1.68. The molecular weight excluding hydrogens is 181 g/mol. The average molecular weight is 183 g/mol. The van der Waals surface area contributed by atoms with Gasteiger partial charge in [0.1, 0.15) is 0 Å². The minimum Gasteiger partial charge on any atom is -0.204 e. The average Bonchev–Trinajstić information content (AvgIpc) is 1.82. The summed E-state index contributed by atoms with van der Waals surface area (Å²) in [6.45, 7) is 0. The van der Waals surface area contributed by atoms with Gasteiger partial charge in [-0.25, -0.2) is 8.78 Å². The molecule has 0 aliphatic heterocycles. The van der Waals surface area contributed by atoms with Gasteiger partial charge >= 0.3 is 0 Å². The molecule has 1 aromatic rings. The molecule has 0 amide bonds. The molecule has 0 unspecified atom stereocenters. The highest BCUT2D eigenvalue weighted by Gasteiger charge is 2.06. The largest absolute Gasteiger partial charge is 0.204 e. The zero-order valence-electron chi connectivity index (χ0n) is 4.67. The summed E-state index contributed by atoms with van der Waals surface area (Å²) in [7, 11) is 0. The SMILES string of the molecule is Fc1cc(Cl)cc(Cl)c1F. The van der Waals surface area contributed by atoms with E-state index in [1.54, 1.807) is 0 Å². The van der Waals surface area contributed by atoms with Gasteiger partial charge in [0, 0.05) is 5.02 Å². The lowest BCUT2D eigenvalue weighted by molar-refractivity contribution is 0.509. The van der Waals surface area contributed by atoms with Crippen LogP contribution in [-0.4, -0.2) is 0 Å². The van der Waals surface area contributed by atoms with Gasteiger partial charge in [-0.05, 0) is 12.1 Å². The van der Waals surface area contributed by atoms with E-state index in [0.717, 1.165) is 12.1 Å². The van der Waals surface area contributed by atoms with E-state index in [4.69, 9.17) is 23.2 Å². The molecule has 0 aliphatic rings. The number of rotatable bonds is 0. The number of benzene rings is 1. The highest BCUT2D eigenvalue weighted by Crippen LogP contribution is 2.22. The van der Waals surface area contributed by atoms with Crippen LogP contribution in [0, 0.1) is 11.6 Å². The van der Waals surface area contributed by atoms with Gasteiger partial charge in [-0.1, -0.05) is 23.2 Å². The predicted molar refractivity (Wildman–Crippen MR) is 36.4 cm³/mol. The molecule has 0 atom stereocenters. The third-order valence-electron chi connectivity index (χ3n) is 0.949. The fourth-order valence-electron chi connectivity index (χ4n) is 0.525. The van der Waals surface area contributed by atoms with Crippen LogP contribution in [-0.2, 0) is 0 Å². The van der Waals surface area contributed by atoms with E-state index in [9.17, 15) is 8.78 Å². The van der Waals surface area contributed by atoms with Gasteiger partial charge in [-0.3, -0.25) is 0 Å². The Kier molecular flexibility index (Phi) is 2.11. The molecule has 0 heterocycles. The molecule has 0 bridgehead atoms. The first-order valence-electron chi connectivity index (χ1n) is 2.41. The van der Waals surface area contributed by atoms with Crippen LogP contribution in [0.4, 0.5) is 8.78 Å². The minimum absolute atomic E-state index is 0.0869. The standard InChI is InChI=1S/C6H2Cl2F2/c7-3-1-4(8)6(10)5(9)2-3/h1-2H. The van der Waals surface area contributed by atoms with Gasteiger partial charge in [0.2, 0.25) is 0 Å². The molecule has 0 saturated carbocycles. The van der Waals surface area contributed by atoms with Gasteiger partial charge in [-0.2, -0.15) is 0 Å². The van der Waals surface area contributed by atoms with Crippen molar-refractivity contribution < 1.29 is 8.78 Å². The molecule has 0 saturated heterocycles. The summed E-state index contributed by atoms with van der Waals surface area (Å²) in [5, 5.41) is -0.214. The molecule has 0 spiro atoms. The van der Waals surface area contributed by atoms with Gasteiger partial charge in [-0.15, -0.1) is 0 Å². The first-order valence-corrected chi connectivity index (χ1v) is 3.17. The fraction of sp³-hybridized carbons (Fsp3) is 0. The zero-order valence-corrected chi connectivity index (χ0v) is 6.18. The van der Waals surface area contributed by atoms with E-state index in [1.807, 2.05) is 0 Å². The van der Waals surface area contributed by atoms with E-state index in [1.165, 1.54) is 0 Å². The van der Waals surface area contributed by atoms with Crippen molar-refractivity contribution >= 4 is 23.2 Å². The highest BCUT2D eigenvalue weighted by molar-refractivity contribution is 6.34. The Bertz CT molecular complexity index is 237. The van der Waals surface area contributed by atoms with Crippen molar-refractivity contribution in [3.63, 3.8) is 0 Å². The van der Waals surface area contributed by atoms with Crippen molar-refractivity contribution in [2.75, 3.05) is 0 Å². The van der Waals surface area contributed by atoms with Crippen LogP contribution in [0.5, 0.6) is 0 Å². The summed E-state index contributed by atoms with van der Waals surface area (Å²) in [6.07, 6.45) is 0. The Morgan fingerprint density at radius 3 is 2.20 bits per heavy atom. The first kappa shape index (κ1) is 7.76. The summed E-state index contributed by atoms with van der Waals surface area (Å²) < 4.78 is 24.6. The van der Waals surface area contributed by atoms with Crippen molar-refractivity contribution in [1.82, 2.24) is 0 Å². The van der Waals surface area contributed by atoms with Gasteiger partial charge in [0.05, 0.1) is 5.02 Å². The third-order valence-corrected chi connectivity index (χ3v) is 1.44. The van der Waals surface area contributed by atoms with Gasteiger partial charge in [0.25, 0.3) is 0 Å². The molecule has 0 nitrogen and oxygen atoms in total. The van der Waals surface area contributed by atoms with Crippen LogP contribution in [0.25, 0.3) is 0 Å². The molecule has 0 aromatic heterocycles. The van der Waals surface area contributed by atoms with Crippen molar-refractivity contribution in [2.45, 2.75) is 0 Å². The second-order valence-corrected chi connectivity index (χ2v) is 2.53. The van der Waals surface area contributed by atoms with Crippen LogP contribution in [0.1, 0.15) is 0 Å². The van der Waals surface area contributed by atoms with Crippen molar-refractivity contribution in [1.29, 1.82) is 0 Å². The lowest BCUT2D eigenvalue weighted by atomic mass is 10.3. The molecular formula is C6H2Cl2F2. The molecule has 4 heteroatoms. The molecule has 0 N–H and O–H groups in total. The number of halogens is 4. The summed E-state index contributed by atoms with van der Waals surface area (Å²) in [6, 6.07) is 2.00. The normalized spacial score (nSPS) is 10.0. The topological polar surface area (TPSA) is 0 Å². The lowest BCUT2D eigenvalue weighted by Gasteiger charge is -1.95. The third kappa shape index (κ3) is 1.39. The summed E-state index contributed by atoms with van der Waals surface area (Å²) >= 11 is 10.6. The Morgan fingerprint density at radius 1 is 1.10 bits per heavy atom. The molecule has 0 fully saturated rings. The Hall–Kier alpha value is -0.340. The number of hydrogen-bond acceptors (Lipinski definition) is 0. The Balaban J connectivity index is 3.31. The maximum absolute atomic E-state index is 12.3. The van der Waals surface area contributed by atoms with Crippen molar-refractivity contribution in [3.05, 3.63) is 33.8 Å². The van der Waals surface area contributed by atoms with Gasteiger partial charge < -0.3 is 0 Å². The van der Waals surface area contributed by atoms with E-state index < -0.39 is 11.6 Å². The Morgan fingerprint density at radius 2 is 1.70 bits per heavy atom. The van der Waals surface area contributed by atoms with E-state index >= 15 is 0 Å². The quantitative estimate of drug-likeness (QED) is 0.427. The maximum Gasteiger partial charge on any atom is 0.177 e. The number of hydrogen-bond donors (Lipinski definition) is 0. The van der Waals surface area contributed by atoms with Crippen LogP contribution >= 0.6 is 23.2 Å². The fourth-order valence-corrected chi connectivity index (χ4v) is 0.993. The van der Waals surface area contributed by atoms with Gasteiger partial charge in [0.15, 0.2) is 11.6 Å². The van der Waals surface area contributed by atoms with Crippen LogP contribution in [0.2, 0.25) is 10.0 Å². The smallest absolute Gasteiger partial charge is 0.177 e. The molecule has 0 radical (unpaired) electrons. The second kappa shape index (κ2) is 2.72. The highest BCUT2D eigenvalue weighted by atomic mass is 35.5. The molecule has 0 aliphatic carbocycles. The van der Waals surface area contributed by atoms with Crippen LogP contribution in [0.3, 0.4) is 0 Å². The maximum atomic E-state index is 12.3. The molecule has 54 valence electrons. The van der Waals surface area contributed by atoms with E-state index in [0.29, 0.717) is 0 Å². The first-order chi connectivity index (χ1) is 4.61. The molecule has 1 rings (SSSR count). The molecule has 10 heavy (non-hydrogen) atoms. The van der Waals surface area contributed by atoms with Crippen molar-refractivity contribution in [3.8, 4) is 0 Å². The van der Waals surface area contributed by atoms with Crippen molar-refractivity contribution in [2.24, 2.45) is 0 Å². The van der Waals surface area contributed by atoms with E-state index in [2.05, 4.69) is 0 Å². The van der Waals surface area contributed by atoms with Crippen LogP contribution < -0.4 is 0 Å². The minimum atomic E-state index is -1.06. The zero-order chi connectivity index (χ0) is 7.72. The summed E-state index contributed by atoms with van der Waals surface area (Å²) in [5.74, 6) is -2.09. The van der Waals surface area contributed by atoms with E-state index in [-0.39, 0.29) is 10.0 Å². The van der Waals surface area contributed by atoms with Crippen LogP contribution in [0.15, 0.2) is 12.1 Å². The lowest BCUT2D eigenvalue weighted by Crippen LogP contribution is -1.83.